The molecule has 2 fully saturated rings. The van der Waals surface area contributed by atoms with Crippen LogP contribution < -0.4 is 10.2 Å². The number of nitrogens with zero attached hydrogens (tertiary/aromatic N) is 2. The van der Waals surface area contributed by atoms with Crippen molar-refractivity contribution in [2.75, 3.05) is 18.0 Å². The molecule has 33 heavy (non-hydrogen) atoms. The number of carbonyl (C=O) groups excluding carboxylic acids is 4. The maximum absolute atomic E-state index is 13.4. The number of benzene rings is 3. The van der Waals surface area contributed by atoms with Crippen molar-refractivity contribution in [2.24, 2.45) is 0 Å². The molecule has 1 N–H and O–H groups in total. The fraction of sp³-hybridized carbons (Fsp3) is 0.231. The number of nitrogens with one attached hydrogen (secondary N) is 1. The molecule has 0 radical (unpaired) electrons. The minimum atomic E-state index is -1.27. The second kappa shape index (κ2) is 7.85. The van der Waals surface area contributed by atoms with Gasteiger partial charge >= 0.3 is 6.03 Å². The van der Waals surface area contributed by atoms with Crippen LogP contribution in [-0.4, -0.2) is 41.6 Å². The zero-order valence-electron chi connectivity index (χ0n) is 18.2. The Morgan fingerprint density at radius 2 is 1.70 bits per heavy atom. The predicted octanol–water partition coefficient (Wildman–Crippen LogP) is 3.62. The Bertz CT molecular complexity index is 1300. The summed E-state index contributed by atoms with van der Waals surface area (Å²) < 4.78 is 0. The summed E-state index contributed by atoms with van der Waals surface area (Å²) in [6.07, 6.45) is 1.35. The SMILES string of the molecule is CC1(c2cccc3ccccc23)NC(=O)N(CC(=O)c2ccc(N3CCCC3=O)cc2)C1=O. The molecule has 0 aromatic heterocycles. The molecule has 0 saturated carbocycles. The van der Waals surface area contributed by atoms with Crippen LogP contribution in [-0.2, 0) is 15.1 Å². The number of hydrogen-bond donors (Lipinski definition) is 1. The van der Waals surface area contributed by atoms with Crippen LogP contribution in [0.25, 0.3) is 10.8 Å². The van der Waals surface area contributed by atoms with E-state index in [1.165, 1.54) is 0 Å². The van der Waals surface area contributed by atoms with Gasteiger partial charge in [-0.15, -0.1) is 0 Å². The minimum absolute atomic E-state index is 0.0705. The number of hydrogen-bond acceptors (Lipinski definition) is 4. The van der Waals surface area contributed by atoms with Crippen molar-refractivity contribution < 1.29 is 19.2 Å². The Morgan fingerprint density at radius 1 is 0.970 bits per heavy atom. The maximum atomic E-state index is 13.4. The molecule has 2 aliphatic rings. The standard InChI is InChI=1S/C26H23N3O4/c1-26(21-9-4-7-17-6-2-3-8-20(17)21)24(32)29(25(33)27-26)16-22(30)18-11-13-19(14-12-18)28-15-5-10-23(28)31/h2-4,6-9,11-14H,5,10,15-16H2,1H3,(H,27,33). The third-order valence-electron chi connectivity index (χ3n) is 6.48. The quantitative estimate of drug-likeness (QED) is 0.484. The second-order valence-electron chi connectivity index (χ2n) is 8.59. The van der Waals surface area contributed by atoms with Crippen LogP contribution in [0.4, 0.5) is 10.5 Å². The van der Waals surface area contributed by atoms with E-state index in [9.17, 15) is 19.2 Å². The zero-order valence-corrected chi connectivity index (χ0v) is 18.2. The van der Waals surface area contributed by atoms with E-state index in [1.807, 2.05) is 42.5 Å². The molecular formula is C26H23N3O4. The van der Waals surface area contributed by atoms with Gasteiger partial charge in [0.25, 0.3) is 5.91 Å². The average Bonchev–Trinajstić information content (AvgIpc) is 3.35. The molecule has 0 bridgehead atoms. The van der Waals surface area contributed by atoms with Crippen LogP contribution in [0.1, 0.15) is 35.7 Å². The minimum Gasteiger partial charge on any atom is -0.319 e. The lowest BCUT2D eigenvalue weighted by molar-refractivity contribution is -0.130. The third kappa shape index (κ3) is 3.46. The number of Topliss-reactive ketones (excluding diaryl/α,β-unsaturated/α-hetero) is 1. The van der Waals surface area contributed by atoms with Crippen molar-refractivity contribution >= 4 is 40.1 Å². The molecule has 3 aromatic rings. The monoisotopic (exact) mass is 441 g/mol. The lowest BCUT2D eigenvalue weighted by Gasteiger charge is -2.24. The third-order valence-corrected chi connectivity index (χ3v) is 6.48. The van der Waals surface area contributed by atoms with Crippen LogP contribution in [0.15, 0.2) is 66.7 Å². The number of rotatable bonds is 5. The van der Waals surface area contributed by atoms with Gasteiger partial charge in [0.2, 0.25) is 5.91 Å². The van der Waals surface area contributed by atoms with Crippen LogP contribution in [0, 0.1) is 0 Å². The Hall–Kier alpha value is -4.00. The molecule has 0 aliphatic carbocycles. The second-order valence-corrected chi connectivity index (χ2v) is 8.59. The average molecular weight is 441 g/mol. The van der Waals surface area contributed by atoms with Crippen molar-refractivity contribution in [3.63, 3.8) is 0 Å². The molecule has 7 nitrogen and oxygen atoms in total. The van der Waals surface area contributed by atoms with Crippen molar-refractivity contribution in [1.82, 2.24) is 10.2 Å². The van der Waals surface area contributed by atoms with Gasteiger partial charge < -0.3 is 10.2 Å². The Labute approximate surface area is 191 Å². The van der Waals surface area contributed by atoms with Crippen molar-refractivity contribution in [3.8, 4) is 0 Å². The molecule has 3 aromatic carbocycles. The largest absolute Gasteiger partial charge is 0.325 e. The molecule has 1 unspecified atom stereocenters. The highest BCUT2D eigenvalue weighted by Gasteiger charge is 2.50. The van der Waals surface area contributed by atoms with Crippen molar-refractivity contribution in [2.45, 2.75) is 25.3 Å². The summed E-state index contributed by atoms with van der Waals surface area (Å²) in [6.45, 7) is 1.98. The molecular weight excluding hydrogens is 418 g/mol. The van der Waals surface area contributed by atoms with Crippen molar-refractivity contribution in [3.05, 3.63) is 77.9 Å². The van der Waals surface area contributed by atoms with E-state index in [-0.39, 0.29) is 18.2 Å². The maximum Gasteiger partial charge on any atom is 0.325 e. The van der Waals surface area contributed by atoms with Gasteiger partial charge in [-0.05, 0) is 53.9 Å². The lowest BCUT2D eigenvalue weighted by atomic mass is 9.88. The normalized spacial score (nSPS) is 20.6. The molecule has 5 rings (SSSR count). The van der Waals surface area contributed by atoms with Gasteiger partial charge in [0.15, 0.2) is 5.78 Å². The number of amides is 4. The van der Waals surface area contributed by atoms with Crippen LogP contribution in [0.3, 0.4) is 0 Å². The summed E-state index contributed by atoms with van der Waals surface area (Å²) in [5, 5.41) is 4.62. The smallest absolute Gasteiger partial charge is 0.319 e. The predicted molar refractivity (Wildman–Crippen MR) is 124 cm³/mol. The van der Waals surface area contributed by atoms with Crippen LogP contribution >= 0.6 is 0 Å². The van der Waals surface area contributed by atoms with Gasteiger partial charge in [0.05, 0.1) is 6.54 Å². The van der Waals surface area contributed by atoms with E-state index in [0.717, 1.165) is 27.8 Å². The highest BCUT2D eigenvalue weighted by Crippen LogP contribution is 2.34. The van der Waals surface area contributed by atoms with Crippen molar-refractivity contribution in [1.29, 1.82) is 0 Å². The first-order valence-electron chi connectivity index (χ1n) is 10.9. The van der Waals surface area contributed by atoms with Crippen LogP contribution in [0.2, 0.25) is 0 Å². The molecule has 1 atom stereocenters. The summed E-state index contributed by atoms with van der Waals surface area (Å²) in [7, 11) is 0. The van der Waals surface area contributed by atoms with E-state index >= 15 is 0 Å². The summed E-state index contributed by atoms with van der Waals surface area (Å²) in [6, 6.07) is 19.4. The summed E-state index contributed by atoms with van der Waals surface area (Å²) >= 11 is 0. The highest BCUT2D eigenvalue weighted by atomic mass is 16.2. The Kier molecular flexibility index (Phi) is 4.96. The fourth-order valence-corrected chi connectivity index (χ4v) is 4.67. The van der Waals surface area contributed by atoms with E-state index < -0.39 is 17.5 Å². The molecule has 166 valence electrons. The van der Waals surface area contributed by atoms with Gasteiger partial charge in [-0.1, -0.05) is 42.5 Å². The van der Waals surface area contributed by atoms with E-state index in [2.05, 4.69) is 5.32 Å². The van der Waals surface area contributed by atoms with E-state index in [1.54, 1.807) is 36.1 Å². The first-order chi connectivity index (χ1) is 15.9. The van der Waals surface area contributed by atoms with E-state index in [0.29, 0.717) is 24.1 Å². The first-order valence-corrected chi connectivity index (χ1v) is 10.9. The van der Waals surface area contributed by atoms with Gasteiger partial charge in [-0.25, -0.2) is 4.79 Å². The number of fused-ring (bicyclic) bond motifs is 1. The van der Waals surface area contributed by atoms with Gasteiger partial charge in [-0.3, -0.25) is 19.3 Å². The fourth-order valence-electron chi connectivity index (χ4n) is 4.67. The van der Waals surface area contributed by atoms with Gasteiger partial charge in [-0.2, -0.15) is 0 Å². The van der Waals surface area contributed by atoms with Gasteiger partial charge in [0, 0.05) is 24.2 Å². The number of anilines is 1. The molecule has 4 amide bonds. The van der Waals surface area contributed by atoms with E-state index in [4.69, 9.17) is 0 Å². The topological polar surface area (TPSA) is 86.8 Å². The molecule has 0 spiro atoms. The Balaban J connectivity index is 1.37. The summed E-state index contributed by atoms with van der Waals surface area (Å²) in [5.41, 5.74) is 0.545. The molecule has 2 heterocycles. The molecule has 7 heteroatoms. The number of carbonyl (C=O) groups is 4. The summed E-state index contributed by atoms with van der Waals surface area (Å²) in [4.78, 5) is 53.6. The van der Waals surface area contributed by atoms with Gasteiger partial charge in [0.1, 0.15) is 5.54 Å². The number of imide groups is 1. The number of ketones is 1. The first kappa shape index (κ1) is 20.9. The molecule has 2 aliphatic heterocycles. The lowest BCUT2D eigenvalue weighted by Crippen LogP contribution is -2.41. The summed E-state index contributed by atoms with van der Waals surface area (Å²) in [5.74, 6) is -0.738. The van der Waals surface area contributed by atoms with Crippen LogP contribution in [0.5, 0.6) is 0 Å². The number of urea groups is 1. The highest BCUT2D eigenvalue weighted by molar-refractivity contribution is 6.12. The Morgan fingerprint density at radius 3 is 2.42 bits per heavy atom. The zero-order chi connectivity index (χ0) is 23.2. The molecule has 2 saturated heterocycles.